The van der Waals surface area contributed by atoms with Crippen LogP contribution in [-0.2, 0) is 5.88 Å². The normalized spacial score (nSPS) is 9.62. The van der Waals surface area contributed by atoms with Gasteiger partial charge in [0.05, 0.1) is 5.88 Å². The zero-order chi connectivity index (χ0) is 5.98. The lowest BCUT2D eigenvalue weighted by atomic mass is 10.8. The molecule has 1 rings (SSSR count). The van der Waals surface area contributed by atoms with Gasteiger partial charge in [0.15, 0.2) is 0 Å². The van der Waals surface area contributed by atoms with Crippen LogP contribution in [0.5, 0.6) is 0 Å². The van der Waals surface area contributed by atoms with Gasteiger partial charge in [0.2, 0.25) is 0 Å². The summed E-state index contributed by atoms with van der Waals surface area (Å²) in [5.74, 6) is 1.02. The van der Waals surface area contributed by atoms with Gasteiger partial charge in [-0.05, 0) is 0 Å². The summed E-state index contributed by atoms with van der Waals surface area (Å²) in [5, 5.41) is 2.65. The van der Waals surface area contributed by atoms with Crippen LogP contribution in [0.3, 0.4) is 0 Å². The van der Waals surface area contributed by atoms with Gasteiger partial charge in [-0.2, -0.15) is 0 Å². The van der Waals surface area contributed by atoms with Gasteiger partial charge >= 0.3 is 0 Å². The van der Waals surface area contributed by atoms with E-state index in [4.69, 9.17) is 17.3 Å². The van der Waals surface area contributed by atoms with Gasteiger partial charge in [0.1, 0.15) is 10.8 Å². The molecule has 4 heteroatoms. The van der Waals surface area contributed by atoms with Crippen molar-refractivity contribution in [3.05, 3.63) is 10.4 Å². The topological polar surface area (TPSA) is 38.9 Å². The molecule has 8 heavy (non-hydrogen) atoms. The fourth-order valence-corrected chi connectivity index (χ4v) is 1.17. The molecule has 1 aromatic rings. The van der Waals surface area contributed by atoms with E-state index >= 15 is 0 Å². The van der Waals surface area contributed by atoms with Crippen LogP contribution in [0.15, 0.2) is 5.38 Å². The van der Waals surface area contributed by atoms with Crippen LogP contribution in [0.4, 0.5) is 5.82 Å². The molecule has 0 saturated carbocycles. The van der Waals surface area contributed by atoms with E-state index in [0.717, 1.165) is 5.01 Å². The van der Waals surface area contributed by atoms with E-state index in [1.54, 1.807) is 5.38 Å². The standard InChI is InChI=1S/C4H5ClN2S/c5-1-4-7-3(6)2-8-4/h2H,1,6H2. The molecule has 1 aromatic heterocycles. The Morgan fingerprint density at radius 2 is 2.62 bits per heavy atom. The highest BCUT2D eigenvalue weighted by atomic mass is 35.5. The van der Waals surface area contributed by atoms with Gasteiger partial charge in [0.25, 0.3) is 0 Å². The molecule has 0 atom stereocenters. The molecule has 0 aliphatic rings. The van der Waals surface area contributed by atoms with Gasteiger partial charge in [-0.1, -0.05) is 0 Å². The minimum absolute atomic E-state index is 0.460. The van der Waals surface area contributed by atoms with E-state index in [2.05, 4.69) is 4.98 Å². The molecule has 0 aliphatic heterocycles. The van der Waals surface area contributed by atoms with Crippen molar-refractivity contribution in [2.75, 3.05) is 5.73 Å². The van der Waals surface area contributed by atoms with Crippen LogP contribution in [0.1, 0.15) is 5.01 Å². The number of nitrogen functional groups attached to an aromatic ring is 1. The second kappa shape index (κ2) is 2.33. The summed E-state index contributed by atoms with van der Waals surface area (Å²) in [6, 6.07) is 0. The van der Waals surface area contributed by atoms with Crippen molar-refractivity contribution in [3.63, 3.8) is 0 Å². The number of rotatable bonds is 1. The maximum Gasteiger partial charge on any atom is 0.134 e. The van der Waals surface area contributed by atoms with Gasteiger partial charge < -0.3 is 5.73 Å². The Morgan fingerprint density at radius 3 is 2.88 bits per heavy atom. The Kier molecular flexibility index (Phi) is 1.70. The largest absolute Gasteiger partial charge is 0.383 e. The average molecular weight is 149 g/mol. The van der Waals surface area contributed by atoms with Crippen LogP contribution < -0.4 is 5.73 Å². The molecule has 0 radical (unpaired) electrons. The number of aromatic nitrogens is 1. The molecule has 0 spiro atoms. The van der Waals surface area contributed by atoms with E-state index in [-0.39, 0.29) is 0 Å². The fourth-order valence-electron chi connectivity index (χ4n) is 0.386. The highest BCUT2D eigenvalue weighted by molar-refractivity contribution is 7.10. The summed E-state index contributed by atoms with van der Waals surface area (Å²) in [4.78, 5) is 3.89. The summed E-state index contributed by atoms with van der Waals surface area (Å²) in [7, 11) is 0. The first-order valence-electron chi connectivity index (χ1n) is 2.09. The van der Waals surface area contributed by atoms with Gasteiger partial charge in [-0.3, -0.25) is 0 Å². The number of hydrogen-bond acceptors (Lipinski definition) is 3. The molecule has 0 amide bonds. The minimum Gasteiger partial charge on any atom is -0.383 e. The number of nitrogens with zero attached hydrogens (tertiary/aromatic N) is 1. The Morgan fingerprint density at radius 1 is 1.88 bits per heavy atom. The molecule has 1 heterocycles. The summed E-state index contributed by atoms with van der Waals surface area (Å²) in [5.41, 5.74) is 5.29. The summed E-state index contributed by atoms with van der Waals surface area (Å²) in [6.07, 6.45) is 0. The molecule has 44 valence electrons. The van der Waals surface area contributed by atoms with E-state index in [9.17, 15) is 0 Å². The first-order chi connectivity index (χ1) is 3.83. The second-order valence-electron chi connectivity index (χ2n) is 1.30. The van der Waals surface area contributed by atoms with Crippen molar-refractivity contribution >= 4 is 28.8 Å². The number of thiazole rings is 1. The van der Waals surface area contributed by atoms with Crippen molar-refractivity contribution in [1.29, 1.82) is 0 Å². The maximum absolute atomic E-state index is 5.43. The molecule has 0 saturated heterocycles. The lowest BCUT2D eigenvalue weighted by molar-refractivity contribution is 1.27. The molecule has 0 aliphatic carbocycles. The van der Waals surface area contributed by atoms with Crippen molar-refractivity contribution in [3.8, 4) is 0 Å². The lowest BCUT2D eigenvalue weighted by Gasteiger charge is -1.77. The molecule has 0 aromatic carbocycles. The number of nitrogens with two attached hydrogens (primary N) is 1. The Balaban J connectivity index is 2.84. The van der Waals surface area contributed by atoms with Gasteiger partial charge in [0, 0.05) is 5.38 Å². The number of halogens is 1. The van der Waals surface area contributed by atoms with Gasteiger partial charge in [-0.25, -0.2) is 4.98 Å². The third-order valence-electron chi connectivity index (χ3n) is 0.684. The van der Waals surface area contributed by atoms with Crippen molar-refractivity contribution < 1.29 is 0 Å². The number of alkyl halides is 1. The predicted molar refractivity (Wildman–Crippen MR) is 36.1 cm³/mol. The number of anilines is 1. The molecular weight excluding hydrogens is 144 g/mol. The Hall–Kier alpha value is -0.280. The van der Waals surface area contributed by atoms with E-state index in [0.29, 0.717) is 11.7 Å². The van der Waals surface area contributed by atoms with E-state index in [1.807, 2.05) is 0 Å². The Bertz CT molecular complexity index is 174. The maximum atomic E-state index is 5.43. The first kappa shape index (κ1) is 5.85. The third kappa shape index (κ3) is 1.11. The average Bonchev–Trinajstić information content (AvgIpc) is 2.14. The number of hydrogen-bond donors (Lipinski definition) is 1. The zero-order valence-electron chi connectivity index (χ0n) is 4.10. The van der Waals surface area contributed by atoms with Crippen LogP contribution in [0, 0.1) is 0 Å². The van der Waals surface area contributed by atoms with Crippen molar-refractivity contribution in [2.24, 2.45) is 0 Å². The van der Waals surface area contributed by atoms with Crippen LogP contribution in [0.2, 0.25) is 0 Å². The highest BCUT2D eigenvalue weighted by Crippen LogP contribution is 2.12. The first-order valence-corrected chi connectivity index (χ1v) is 3.50. The predicted octanol–water partition coefficient (Wildman–Crippen LogP) is 1.46. The smallest absolute Gasteiger partial charge is 0.134 e. The quantitative estimate of drug-likeness (QED) is 0.613. The van der Waals surface area contributed by atoms with Crippen LogP contribution in [-0.4, -0.2) is 4.98 Å². The van der Waals surface area contributed by atoms with Crippen molar-refractivity contribution in [1.82, 2.24) is 4.98 Å². The minimum atomic E-state index is 0.460. The summed E-state index contributed by atoms with van der Waals surface area (Å²) >= 11 is 6.91. The lowest BCUT2D eigenvalue weighted by Crippen LogP contribution is -1.83. The monoisotopic (exact) mass is 148 g/mol. The van der Waals surface area contributed by atoms with Crippen molar-refractivity contribution in [2.45, 2.75) is 5.88 Å². The molecule has 2 N–H and O–H groups in total. The van der Waals surface area contributed by atoms with Crippen LogP contribution >= 0.6 is 22.9 Å². The van der Waals surface area contributed by atoms with E-state index < -0.39 is 0 Å². The molecule has 0 unspecified atom stereocenters. The molecule has 0 fully saturated rings. The van der Waals surface area contributed by atoms with Gasteiger partial charge in [-0.15, -0.1) is 22.9 Å². The second-order valence-corrected chi connectivity index (χ2v) is 2.51. The summed E-state index contributed by atoms with van der Waals surface area (Å²) < 4.78 is 0. The molecular formula is C4H5ClN2S. The fraction of sp³-hybridized carbons (Fsp3) is 0.250. The molecule has 2 nitrogen and oxygen atoms in total. The Labute approximate surface area is 56.3 Å². The third-order valence-corrected chi connectivity index (χ3v) is 1.96. The SMILES string of the molecule is Nc1csc(CCl)n1. The zero-order valence-corrected chi connectivity index (χ0v) is 5.67. The highest BCUT2D eigenvalue weighted by Gasteiger charge is 1.93. The van der Waals surface area contributed by atoms with E-state index in [1.165, 1.54) is 11.3 Å². The van der Waals surface area contributed by atoms with Crippen LogP contribution in [0.25, 0.3) is 0 Å². The molecule has 0 bridgehead atoms. The summed E-state index contributed by atoms with van der Waals surface area (Å²) in [6.45, 7) is 0.